The van der Waals surface area contributed by atoms with Gasteiger partial charge in [-0.1, -0.05) is 6.07 Å². The number of rotatable bonds is 2. The lowest BCUT2D eigenvalue weighted by atomic mass is 10.0. The van der Waals surface area contributed by atoms with E-state index in [2.05, 4.69) is 4.98 Å². The first-order valence-electron chi connectivity index (χ1n) is 5.95. The molecule has 1 saturated heterocycles. The molecule has 3 N–H and O–H groups in total. The van der Waals surface area contributed by atoms with Crippen molar-refractivity contribution >= 4 is 11.9 Å². The summed E-state index contributed by atoms with van der Waals surface area (Å²) in [5.74, 6) is 0.916. The van der Waals surface area contributed by atoms with Crippen molar-refractivity contribution in [3.05, 3.63) is 18.2 Å². The highest BCUT2D eigenvalue weighted by atomic mass is 16.5. The van der Waals surface area contributed by atoms with Crippen LogP contribution < -0.4 is 10.5 Å². The first kappa shape index (κ1) is 12.5. The zero-order valence-corrected chi connectivity index (χ0v) is 10.2. The first-order valence-corrected chi connectivity index (χ1v) is 5.95. The van der Waals surface area contributed by atoms with Crippen LogP contribution in [0.3, 0.4) is 0 Å². The lowest BCUT2D eigenvalue weighted by molar-refractivity contribution is 0.0585. The van der Waals surface area contributed by atoms with Gasteiger partial charge in [0.25, 0.3) is 0 Å². The Morgan fingerprint density at radius 2 is 2.39 bits per heavy atom. The number of likely N-dealkylation sites (tertiary alicyclic amines) is 1. The second-order valence-electron chi connectivity index (χ2n) is 4.49. The van der Waals surface area contributed by atoms with Gasteiger partial charge in [0.1, 0.15) is 11.9 Å². The number of nitrogens with zero attached hydrogens (tertiary/aromatic N) is 2. The Hall–Kier alpha value is -1.98. The summed E-state index contributed by atoms with van der Waals surface area (Å²) in [4.78, 5) is 16.4. The number of carboxylic acid groups (broad SMARTS) is 1. The summed E-state index contributed by atoms with van der Waals surface area (Å²) >= 11 is 0. The fourth-order valence-corrected chi connectivity index (χ4v) is 2.19. The fraction of sp³-hybridized carbons (Fsp3) is 0.500. The number of nitrogens with two attached hydrogens (primary N) is 1. The van der Waals surface area contributed by atoms with Crippen LogP contribution >= 0.6 is 0 Å². The van der Waals surface area contributed by atoms with Gasteiger partial charge in [-0.2, -0.15) is 4.98 Å². The maximum Gasteiger partial charge on any atom is 0.407 e. The Morgan fingerprint density at radius 1 is 1.61 bits per heavy atom. The Balaban J connectivity index is 1.95. The summed E-state index contributed by atoms with van der Waals surface area (Å²) in [5.41, 5.74) is 5.58. The highest BCUT2D eigenvalue weighted by Gasteiger charge is 2.29. The molecule has 0 bridgehead atoms. The lowest BCUT2D eigenvalue weighted by Gasteiger charge is -2.35. The van der Waals surface area contributed by atoms with Crippen molar-refractivity contribution in [1.29, 1.82) is 0 Å². The van der Waals surface area contributed by atoms with E-state index in [9.17, 15) is 4.79 Å². The standard InChI is InChI=1S/C12H17N3O3/c1-8-7-9(5-6-15(8)12(16)17)18-11-4-2-3-10(13)14-11/h2-4,8-9H,5-7H2,1H3,(H2,13,14)(H,16,17)/t8-,9-/m0/s1. The number of pyridine rings is 1. The van der Waals surface area contributed by atoms with E-state index in [1.165, 1.54) is 4.90 Å². The van der Waals surface area contributed by atoms with Gasteiger partial charge in [0, 0.05) is 31.5 Å². The number of aromatic nitrogens is 1. The van der Waals surface area contributed by atoms with Crippen LogP contribution in [0.4, 0.5) is 10.6 Å². The maximum atomic E-state index is 10.9. The van der Waals surface area contributed by atoms with Crippen molar-refractivity contribution in [3.8, 4) is 5.88 Å². The van der Waals surface area contributed by atoms with E-state index in [0.717, 1.165) is 0 Å². The van der Waals surface area contributed by atoms with Gasteiger partial charge in [-0.05, 0) is 13.0 Å². The third-order valence-electron chi connectivity index (χ3n) is 3.11. The van der Waals surface area contributed by atoms with E-state index in [-0.39, 0.29) is 12.1 Å². The Morgan fingerprint density at radius 3 is 3.00 bits per heavy atom. The van der Waals surface area contributed by atoms with Gasteiger partial charge in [-0.25, -0.2) is 4.79 Å². The smallest absolute Gasteiger partial charge is 0.407 e. The molecule has 1 fully saturated rings. The van der Waals surface area contributed by atoms with Gasteiger partial charge >= 0.3 is 6.09 Å². The van der Waals surface area contributed by atoms with Crippen LogP contribution in [0.15, 0.2) is 18.2 Å². The van der Waals surface area contributed by atoms with Gasteiger partial charge in [0.2, 0.25) is 5.88 Å². The number of ether oxygens (including phenoxy) is 1. The lowest BCUT2D eigenvalue weighted by Crippen LogP contribution is -2.46. The highest BCUT2D eigenvalue weighted by molar-refractivity contribution is 5.65. The molecule has 1 aliphatic heterocycles. The van der Waals surface area contributed by atoms with Crippen molar-refractivity contribution in [3.63, 3.8) is 0 Å². The van der Waals surface area contributed by atoms with Crippen molar-refractivity contribution in [2.75, 3.05) is 12.3 Å². The molecule has 1 aromatic heterocycles. The monoisotopic (exact) mass is 251 g/mol. The Kier molecular flexibility index (Phi) is 3.55. The number of carbonyl (C=O) groups is 1. The van der Waals surface area contributed by atoms with Crippen LogP contribution in [0.5, 0.6) is 5.88 Å². The molecule has 2 atom stereocenters. The minimum absolute atomic E-state index is 0.00935. The van der Waals surface area contributed by atoms with E-state index in [1.54, 1.807) is 18.2 Å². The number of hydrogen-bond donors (Lipinski definition) is 2. The molecule has 18 heavy (non-hydrogen) atoms. The van der Waals surface area contributed by atoms with Crippen molar-refractivity contribution < 1.29 is 14.6 Å². The van der Waals surface area contributed by atoms with Crippen LogP contribution in [0.1, 0.15) is 19.8 Å². The number of nitrogen functional groups attached to an aromatic ring is 1. The Bertz CT molecular complexity index is 438. The second kappa shape index (κ2) is 5.12. The molecule has 1 aromatic rings. The summed E-state index contributed by atoms with van der Waals surface area (Å²) in [6.45, 7) is 2.37. The largest absolute Gasteiger partial charge is 0.474 e. The van der Waals surface area contributed by atoms with E-state index < -0.39 is 6.09 Å². The average Bonchev–Trinajstić information content (AvgIpc) is 2.28. The quantitative estimate of drug-likeness (QED) is 0.832. The van der Waals surface area contributed by atoms with Gasteiger partial charge in [-0.3, -0.25) is 0 Å². The predicted molar refractivity (Wildman–Crippen MR) is 66.5 cm³/mol. The minimum atomic E-state index is -0.872. The fourth-order valence-electron chi connectivity index (χ4n) is 2.19. The van der Waals surface area contributed by atoms with Crippen LogP contribution in [-0.4, -0.2) is 39.8 Å². The molecule has 2 heterocycles. The maximum absolute atomic E-state index is 10.9. The summed E-state index contributed by atoms with van der Waals surface area (Å²) < 4.78 is 5.72. The molecule has 1 amide bonds. The number of amides is 1. The minimum Gasteiger partial charge on any atom is -0.474 e. The van der Waals surface area contributed by atoms with E-state index in [0.29, 0.717) is 31.1 Å². The molecule has 6 nitrogen and oxygen atoms in total. The predicted octanol–water partition coefficient (Wildman–Crippen LogP) is 1.57. The first-order chi connectivity index (χ1) is 8.56. The van der Waals surface area contributed by atoms with Crippen molar-refractivity contribution in [2.45, 2.75) is 31.9 Å². The Labute approximate surface area is 105 Å². The summed E-state index contributed by atoms with van der Waals surface area (Å²) in [7, 11) is 0. The molecule has 2 rings (SSSR count). The van der Waals surface area contributed by atoms with Crippen LogP contribution in [-0.2, 0) is 0 Å². The van der Waals surface area contributed by atoms with Gasteiger partial charge < -0.3 is 20.5 Å². The molecule has 6 heteroatoms. The third-order valence-corrected chi connectivity index (χ3v) is 3.11. The summed E-state index contributed by atoms with van der Waals surface area (Å²) in [6, 6.07) is 5.20. The van der Waals surface area contributed by atoms with Crippen LogP contribution in [0.2, 0.25) is 0 Å². The molecule has 0 saturated carbocycles. The molecule has 0 aromatic carbocycles. The van der Waals surface area contributed by atoms with Crippen molar-refractivity contribution in [2.24, 2.45) is 0 Å². The normalized spacial score (nSPS) is 23.7. The molecular weight excluding hydrogens is 234 g/mol. The number of anilines is 1. The third kappa shape index (κ3) is 2.82. The van der Waals surface area contributed by atoms with Crippen LogP contribution in [0, 0.1) is 0 Å². The molecule has 0 aliphatic carbocycles. The second-order valence-corrected chi connectivity index (χ2v) is 4.49. The van der Waals surface area contributed by atoms with E-state index in [1.807, 2.05) is 6.92 Å². The zero-order valence-electron chi connectivity index (χ0n) is 10.2. The molecule has 0 spiro atoms. The van der Waals surface area contributed by atoms with Crippen LogP contribution in [0.25, 0.3) is 0 Å². The van der Waals surface area contributed by atoms with E-state index >= 15 is 0 Å². The number of hydrogen-bond acceptors (Lipinski definition) is 4. The van der Waals surface area contributed by atoms with Gasteiger partial charge in [-0.15, -0.1) is 0 Å². The highest BCUT2D eigenvalue weighted by Crippen LogP contribution is 2.22. The molecular formula is C12H17N3O3. The molecule has 98 valence electrons. The molecule has 1 aliphatic rings. The topological polar surface area (TPSA) is 88.7 Å². The molecule has 0 radical (unpaired) electrons. The van der Waals surface area contributed by atoms with Gasteiger partial charge in [0.15, 0.2) is 0 Å². The summed E-state index contributed by atoms with van der Waals surface area (Å²) in [5, 5.41) is 8.98. The SMILES string of the molecule is C[C@H]1C[C@@H](Oc2cccc(N)n2)CCN1C(=O)O. The number of piperidine rings is 1. The van der Waals surface area contributed by atoms with Gasteiger partial charge in [0.05, 0.1) is 0 Å². The van der Waals surface area contributed by atoms with Crippen molar-refractivity contribution in [1.82, 2.24) is 9.88 Å². The zero-order chi connectivity index (χ0) is 13.1. The average molecular weight is 251 g/mol. The molecule has 0 unspecified atom stereocenters. The summed E-state index contributed by atoms with van der Waals surface area (Å²) in [6.07, 6.45) is 0.462. The van der Waals surface area contributed by atoms with E-state index in [4.69, 9.17) is 15.6 Å².